The Balaban J connectivity index is 1.77. The van der Waals surface area contributed by atoms with E-state index < -0.39 is 21.7 Å². The average Bonchev–Trinajstić information content (AvgIpc) is 3.21. The molecule has 0 aliphatic carbocycles. The molecule has 150 valence electrons. The van der Waals surface area contributed by atoms with E-state index in [0.29, 0.717) is 22.4 Å². The molecule has 0 saturated heterocycles. The summed E-state index contributed by atoms with van der Waals surface area (Å²) in [5.41, 5.74) is 2.88. The van der Waals surface area contributed by atoms with Crippen molar-refractivity contribution in [1.29, 1.82) is 0 Å². The van der Waals surface area contributed by atoms with E-state index in [1.165, 1.54) is 0 Å². The zero-order valence-corrected chi connectivity index (χ0v) is 16.8. The van der Waals surface area contributed by atoms with Crippen molar-refractivity contribution in [2.45, 2.75) is 18.7 Å². The summed E-state index contributed by atoms with van der Waals surface area (Å²) < 4.78 is 45.8. The molecule has 0 atom stereocenters. The van der Waals surface area contributed by atoms with Crippen molar-refractivity contribution < 1.29 is 22.1 Å². The van der Waals surface area contributed by atoms with Gasteiger partial charge >= 0.3 is 0 Å². The highest BCUT2D eigenvalue weighted by Gasteiger charge is 2.39. The van der Waals surface area contributed by atoms with Crippen molar-refractivity contribution >= 4 is 32.4 Å². The average molecular weight is 422 g/mol. The summed E-state index contributed by atoms with van der Waals surface area (Å²) in [7, 11) is -4.22. The van der Waals surface area contributed by atoms with Crippen LogP contribution in [-0.4, -0.2) is 19.5 Å². The molecule has 5 rings (SSSR count). The lowest BCUT2D eigenvalue weighted by Gasteiger charge is -2.18. The second kappa shape index (κ2) is 6.24. The van der Waals surface area contributed by atoms with Gasteiger partial charge in [0.2, 0.25) is 0 Å². The number of carbonyl (C=O) groups excluding carboxylic acids is 1. The lowest BCUT2D eigenvalue weighted by Crippen LogP contribution is -2.33. The van der Waals surface area contributed by atoms with Gasteiger partial charge in [-0.3, -0.25) is 4.79 Å². The Morgan fingerprint density at radius 1 is 0.967 bits per heavy atom. The number of aryl methyl sites for hydroxylation is 2. The summed E-state index contributed by atoms with van der Waals surface area (Å²) in [4.78, 5) is 13.0. The maximum Gasteiger partial charge on any atom is 0.273 e. The van der Waals surface area contributed by atoms with Crippen LogP contribution in [0.3, 0.4) is 0 Å². The van der Waals surface area contributed by atoms with Crippen LogP contribution in [0, 0.1) is 19.7 Å². The molecule has 1 aromatic heterocycles. The third-order valence-corrected chi connectivity index (χ3v) is 7.02. The fourth-order valence-electron chi connectivity index (χ4n) is 3.99. The largest absolute Gasteiger partial charge is 0.361 e. The number of hydrogen-bond acceptors (Lipinski definition) is 5. The number of halogens is 1. The summed E-state index contributed by atoms with van der Waals surface area (Å²) in [6.07, 6.45) is 0. The van der Waals surface area contributed by atoms with Gasteiger partial charge in [0.15, 0.2) is 0 Å². The van der Waals surface area contributed by atoms with Crippen molar-refractivity contribution in [3.8, 4) is 11.1 Å². The Bertz CT molecular complexity index is 1440. The van der Waals surface area contributed by atoms with Crippen LogP contribution in [0.5, 0.6) is 0 Å². The molecule has 0 fully saturated rings. The molecule has 1 aliphatic heterocycles. The number of carbonyl (C=O) groups is 1. The molecule has 30 heavy (non-hydrogen) atoms. The Morgan fingerprint density at radius 3 is 2.37 bits per heavy atom. The van der Waals surface area contributed by atoms with Gasteiger partial charge in [-0.1, -0.05) is 23.4 Å². The second-order valence-electron chi connectivity index (χ2n) is 7.09. The maximum absolute atomic E-state index is 13.3. The van der Waals surface area contributed by atoms with Crippen LogP contribution in [0.1, 0.15) is 21.8 Å². The van der Waals surface area contributed by atoms with Gasteiger partial charge < -0.3 is 4.52 Å². The van der Waals surface area contributed by atoms with E-state index >= 15 is 0 Å². The van der Waals surface area contributed by atoms with E-state index in [1.54, 1.807) is 31.2 Å². The zero-order valence-electron chi connectivity index (χ0n) is 16.0. The predicted molar refractivity (Wildman–Crippen MR) is 109 cm³/mol. The second-order valence-corrected chi connectivity index (χ2v) is 8.87. The van der Waals surface area contributed by atoms with E-state index in [9.17, 15) is 17.6 Å². The van der Waals surface area contributed by atoms with Crippen molar-refractivity contribution in [3.63, 3.8) is 0 Å². The van der Waals surface area contributed by atoms with Gasteiger partial charge in [0, 0.05) is 10.9 Å². The smallest absolute Gasteiger partial charge is 0.273 e. The van der Waals surface area contributed by atoms with E-state index in [-0.39, 0.29) is 10.6 Å². The summed E-state index contributed by atoms with van der Waals surface area (Å²) in [5, 5.41) is 5.27. The fraction of sp³-hybridized carbons (Fsp3) is 0.0909. The standard InChI is InChI=1S/C22H15FN2O4S/c1-12-20(13(2)29-24-12)17-10-11-19-21-16(17)4-3-5-18(21)22(26)25(19)30(27,28)15-8-6-14(23)7-9-15/h3-11H,1-2H3. The highest BCUT2D eigenvalue weighted by atomic mass is 32.2. The third kappa shape index (κ3) is 2.43. The zero-order chi connectivity index (χ0) is 21.2. The third-order valence-electron chi connectivity index (χ3n) is 5.31. The summed E-state index contributed by atoms with van der Waals surface area (Å²) >= 11 is 0. The van der Waals surface area contributed by atoms with Crippen molar-refractivity contribution in [3.05, 3.63) is 77.4 Å². The maximum atomic E-state index is 13.3. The van der Waals surface area contributed by atoms with E-state index in [4.69, 9.17) is 4.52 Å². The number of sulfonamides is 1. The van der Waals surface area contributed by atoms with Gasteiger partial charge in [-0.15, -0.1) is 0 Å². The van der Waals surface area contributed by atoms with Gasteiger partial charge in [0.05, 0.1) is 21.8 Å². The van der Waals surface area contributed by atoms with Gasteiger partial charge in [-0.05, 0) is 61.2 Å². The molecule has 4 aromatic rings. The molecular formula is C22H15FN2O4S. The van der Waals surface area contributed by atoms with Crippen molar-refractivity contribution in [1.82, 2.24) is 5.16 Å². The predicted octanol–water partition coefficient (Wildman–Crippen LogP) is 4.60. The number of hydrogen-bond donors (Lipinski definition) is 0. The highest BCUT2D eigenvalue weighted by molar-refractivity contribution is 7.93. The van der Waals surface area contributed by atoms with E-state index in [2.05, 4.69) is 5.16 Å². The van der Waals surface area contributed by atoms with Crippen LogP contribution >= 0.6 is 0 Å². The SMILES string of the molecule is Cc1noc(C)c1-c1ccc2c3c(cccc13)C(=O)N2S(=O)(=O)c1ccc(F)cc1. The fourth-order valence-corrected chi connectivity index (χ4v) is 5.41. The lowest BCUT2D eigenvalue weighted by atomic mass is 9.95. The van der Waals surface area contributed by atoms with Crippen LogP contribution in [0.15, 0.2) is 64.0 Å². The van der Waals surface area contributed by atoms with Gasteiger partial charge in [0.25, 0.3) is 15.9 Å². The molecule has 1 aliphatic rings. The topological polar surface area (TPSA) is 80.5 Å². The van der Waals surface area contributed by atoms with E-state index in [1.807, 2.05) is 13.0 Å². The molecule has 1 amide bonds. The quantitative estimate of drug-likeness (QED) is 0.482. The molecule has 2 heterocycles. The number of anilines is 1. The molecular weight excluding hydrogens is 407 g/mol. The Labute approximate surface area is 171 Å². The van der Waals surface area contributed by atoms with Crippen LogP contribution in [0.25, 0.3) is 21.9 Å². The molecule has 3 aromatic carbocycles. The minimum absolute atomic E-state index is 0.159. The lowest BCUT2D eigenvalue weighted by molar-refractivity contribution is 0.101. The molecule has 0 saturated carbocycles. The Hall–Kier alpha value is -3.52. The molecule has 0 unspecified atom stereocenters. The first-order chi connectivity index (χ1) is 14.3. The van der Waals surface area contributed by atoms with Crippen molar-refractivity contribution in [2.24, 2.45) is 0 Å². The molecule has 0 bridgehead atoms. The number of amides is 1. The first kappa shape index (κ1) is 18.5. The minimum Gasteiger partial charge on any atom is -0.361 e. The van der Waals surface area contributed by atoms with Gasteiger partial charge in [-0.2, -0.15) is 4.31 Å². The molecule has 0 N–H and O–H groups in total. The summed E-state index contributed by atoms with van der Waals surface area (Å²) in [5.74, 6) is -0.569. The van der Waals surface area contributed by atoms with Gasteiger partial charge in [-0.25, -0.2) is 12.8 Å². The number of aromatic nitrogens is 1. The first-order valence-electron chi connectivity index (χ1n) is 9.15. The van der Waals surface area contributed by atoms with Gasteiger partial charge in [0.1, 0.15) is 11.6 Å². The van der Waals surface area contributed by atoms with Crippen LogP contribution in [-0.2, 0) is 10.0 Å². The van der Waals surface area contributed by atoms with Crippen LogP contribution in [0.4, 0.5) is 10.1 Å². The number of rotatable bonds is 3. The molecule has 6 nitrogen and oxygen atoms in total. The summed E-state index contributed by atoms with van der Waals surface area (Å²) in [6.45, 7) is 3.63. The molecule has 0 radical (unpaired) electrons. The normalized spacial score (nSPS) is 13.4. The van der Waals surface area contributed by atoms with E-state index in [0.717, 1.165) is 45.1 Å². The van der Waals surface area contributed by atoms with Crippen molar-refractivity contribution in [2.75, 3.05) is 4.31 Å². The number of nitrogens with zero attached hydrogens (tertiary/aromatic N) is 2. The molecule has 8 heteroatoms. The Morgan fingerprint density at radius 2 is 1.70 bits per heavy atom. The highest BCUT2D eigenvalue weighted by Crippen LogP contribution is 2.44. The van der Waals surface area contributed by atoms with Crippen LogP contribution < -0.4 is 4.31 Å². The monoisotopic (exact) mass is 422 g/mol. The first-order valence-corrected chi connectivity index (χ1v) is 10.6. The Kier molecular flexibility index (Phi) is 3.85. The van der Waals surface area contributed by atoms with Crippen LogP contribution in [0.2, 0.25) is 0 Å². The number of benzene rings is 3. The molecule has 0 spiro atoms. The minimum atomic E-state index is -4.22. The summed E-state index contributed by atoms with van der Waals surface area (Å²) in [6, 6.07) is 12.9.